The van der Waals surface area contributed by atoms with Crippen molar-refractivity contribution in [3.05, 3.63) is 35.9 Å². The standard InChI is InChI=1S/C13H8F3NO2/c14-13(15,16)10-8-9(7-4-2-1-3-5-7)19-11(18)12(8,10)6-17/h1-5,8-10H/t8-,9?,10-,12-/m1/s1. The van der Waals surface area contributed by atoms with Crippen LogP contribution in [0.2, 0.25) is 0 Å². The fourth-order valence-electron chi connectivity index (χ4n) is 2.95. The van der Waals surface area contributed by atoms with Crippen LogP contribution in [0.25, 0.3) is 0 Å². The molecule has 0 radical (unpaired) electrons. The van der Waals surface area contributed by atoms with Crippen molar-refractivity contribution in [2.45, 2.75) is 12.3 Å². The van der Waals surface area contributed by atoms with Crippen LogP contribution in [0.1, 0.15) is 11.7 Å². The summed E-state index contributed by atoms with van der Waals surface area (Å²) in [5.41, 5.74) is -1.55. The SMILES string of the molecule is N#C[C@@]12C(=O)OC(c3ccccc3)[C@@H]1[C@H]2C(F)(F)F. The predicted octanol–water partition coefficient (Wildman–Crippen LogP) is 2.60. The summed E-state index contributed by atoms with van der Waals surface area (Å²) < 4.78 is 43.7. The lowest BCUT2D eigenvalue weighted by Crippen LogP contribution is -2.25. The van der Waals surface area contributed by atoms with Gasteiger partial charge in [0.05, 0.1) is 12.0 Å². The third-order valence-electron chi connectivity index (χ3n) is 3.83. The van der Waals surface area contributed by atoms with E-state index in [9.17, 15) is 18.0 Å². The molecule has 1 aliphatic heterocycles. The lowest BCUT2D eigenvalue weighted by atomic mass is 10.0. The lowest BCUT2D eigenvalue weighted by molar-refractivity contribution is -0.178. The Morgan fingerprint density at radius 1 is 1.26 bits per heavy atom. The Labute approximate surface area is 106 Å². The highest BCUT2D eigenvalue weighted by Gasteiger charge is 2.86. The summed E-state index contributed by atoms with van der Waals surface area (Å²) in [5, 5.41) is 8.98. The number of rotatable bonds is 1. The van der Waals surface area contributed by atoms with Crippen LogP contribution in [-0.4, -0.2) is 12.1 Å². The average molecular weight is 267 g/mol. The topological polar surface area (TPSA) is 50.1 Å². The molecule has 0 N–H and O–H groups in total. The van der Waals surface area contributed by atoms with Gasteiger partial charge in [-0.25, -0.2) is 0 Å². The van der Waals surface area contributed by atoms with Crippen LogP contribution in [0, 0.1) is 28.6 Å². The number of halogens is 3. The first-order chi connectivity index (χ1) is 8.93. The van der Waals surface area contributed by atoms with Gasteiger partial charge in [0.25, 0.3) is 0 Å². The van der Waals surface area contributed by atoms with Crippen molar-refractivity contribution in [2.24, 2.45) is 17.3 Å². The smallest absolute Gasteiger partial charge is 0.394 e. The molecule has 1 unspecified atom stereocenters. The minimum Gasteiger partial charge on any atom is -0.456 e. The molecular formula is C13H8F3NO2. The molecule has 2 fully saturated rings. The zero-order chi connectivity index (χ0) is 13.8. The second-order valence-electron chi connectivity index (χ2n) is 4.76. The fourth-order valence-corrected chi connectivity index (χ4v) is 2.95. The van der Waals surface area contributed by atoms with Crippen LogP contribution in [0.5, 0.6) is 0 Å². The number of nitriles is 1. The Balaban J connectivity index is 2.01. The summed E-state index contributed by atoms with van der Waals surface area (Å²) in [4.78, 5) is 11.7. The van der Waals surface area contributed by atoms with E-state index in [1.165, 1.54) is 6.07 Å². The van der Waals surface area contributed by atoms with Crippen molar-refractivity contribution in [1.29, 1.82) is 5.26 Å². The van der Waals surface area contributed by atoms with E-state index in [2.05, 4.69) is 0 Å². The van der Waals surface area contributed by atoms with Gasteiger partial charge >= 0.3 is 12.1 Å². The van der Waals surface area contributed by atoms with Crippen molar-refractivity contribution < 1.29 is 22.7 Å². The lowest BCUT2D eigenvalue weighted by Gasteiger charge is -2.17. The monoisotopic (exact) mass is 267 g/mol. The Morgan fingerprint density at radius 3 is 2.37 bits per heavy atom. The first kappa shape index (κ1) is 12.0. The van der Waals surface area contributed by atoms with Gasteiger partial charge in [-0.15, -0.1) is 0 Å². The highest BCUT2D eigenvalue weighted by Crippen LogP contribution is 2.74. The Kier molecular flexibility index (Phi) is 2.22. The zero-order valence-corrected chi connectivity index (χ0v) is 9.52. The van der Waals surface area contributed by atoms with Gasteiger partial charge in [-0.2, -0.15) is 18.4 Å². The molecule has 2 aliphatic rings. The normalized spacial score (nSPS) is 36.3. The summed E-state index contributed by atoms with van der Waals surface area (Å²) in [6.07, 6.45) is -5.55. The molecule has 1 aromatic rings. The number of nitrogens with zero attached hydrogens (tertiary/aromatic N) is 1. The van der Waals surface area contributed by atoms with Gasteiger partial charge in [-0.05, 0) is 5.56 Å². The maximum Gasteiger partial charge on any atom is 0.394 e. The summed E-state index contributed by atoms with van der Waals surface area (Å²) in [5.74, 6) is -4.11. The van der Waals surface area contributed by atoms with Gasteiger partial charge in [-0.3, -0.25) is 4.79 Å². The number of fused-ring (bicyclic) bond motifs is 1. The first-order valence-corrected chi connectivity index (χ1v) is 5.67. The minimum atomic E-state index is -4.56. The van der Waals surface area contributed by atoms with Crippen molar-refractivity contribution >= 4 is 5.97 Å². The molecule has 3 nitrogen and oxygen atoms in total. The second kappa shape index (κ2) is 3.50. The molecule has 0 aromatic heterocycles. The Morgan fingerprint density at radius 2 is 1.89 bits per heavy atom. The molecule has 3 rings (SSSR count). The first-order valence-electron chi connectivity index (χ1n) is 5.67. The molecule has 98 valence electrons. The molecule has 19 heavy (non-hydrogen) atoms. The minimum absolute atomic E-state index is 0.490. The van der Waals surface area contributed by atoms with E-state index in [0.29, 0.717) is 5.56 Å². The van der Waals surface area contributed by atoms with Crippen LogP contribution in [0.3, 0.4) is 0 Å². The number of ether oxygens (including phenoxy) is 1. The molecule has 0 spiro atoms. The van der Waals surface area contributed by atoms with Crippen LogP contribution >= 0.6 is 0 Å². The number of carbonyl (C=O) groups excluding carboxylic acids is 1. The van der Waals surface area contributed by atoms with Gasteiger partial charge in [0, 0.05) is 5.92 Å². The number of carbonyl (C=O) groups is 1. The van der Waals surface area contributed by atoms with Gasteiger partial charge < -0.3 is 4.74 Å². The van der Waals surface area contributed by atoms with Crippen LogP contribution in [0.4, 0.5) is 13.2 Å². The van der Waals surface area contributed by atoms with Crippen LogP contribution < -0.4 is 0 Å². The number of benzene rings is 1. The molecule has 1 aliphatic carbocycles. The van der Waals surface area contributed by atoms with Crippen molar-refractivity contribution in [2.75, 3.05) is 0 Å². The summed E-state index contributed by atoms with van der Waals surface area (Å²) in [7, 11) is 0. The molecule has 1 saturated carbocycles. The molecule has 0 amide bonds. The molecular weight excluding hydrogens is 259 g/mol. The van der Waals surface area contributed by atoms with Gasteiger partial charge in [-0.1, -0.05) is 30.3 Å². The quantitative estimate of drug-likeness (QED) is 0.735. The van der Waals surface area contributed by atoms with E-state index >= 15 is 0 Å². The molecule has 1 heterocycles. The van der Waals surface area contributed by atoms with Gasteiger partial charge in [0.1, 0.15) is 6.10 Å². The van der Waals surface area contributed by atoms with E-state index in [-0.39, 0.29) is 0 Å². The van der Waals surface area contributed by atoms with E-state index in [4.69, 9.17) is 10.00 Å². The third kappa shape index (κ3) is 1.41. The van der Waals surface area contributed by atoms with Gasteiger partial charge in [0.2, 0.25) is 0 Å². The number of alkyl halides is 3. The van der Waals surface area contributed by atoms with E-state index in [0.717, 1.165) is 0 Å². The van der Waals surface area contributed by atoms with Crippen LogP contribution in [-0.2, 0) is 9.53 Å². The fraction of sp³-hybridized carbons (Fsp3) is 0.385. The predicted molar refractivity (Wildman–Crippen MR) is 56.4 cm³/mol. The molecule has 6 heteroatoms. The van der Waals surface area contributed by atoms with Crippen LogP contribution in [0.15, 0.2) is 30.3 Å². The summed E-state index contributed by atoms with van der Waals surface area (Å²) in [6.45, 7) is 0. The van der Waals surface area contributed by atoms with Crippen molar-refractivity contribution in [3.8, 4) is 6.07 Å². The van der Waals surface area contributed by atoms with E-state index in [1.54, 1.807) is 30.3 Å². The number of esters is 1. The summed E-state index contributed by atoms with van der Waals surface area (Å²) >= 11 is 0. The maximum absolute atomic E-state index is 12.9. The maximum atomic E-state index is 12.9. The zero-order valence-electron chi connectivity index (χ0n) is 9.52. The number of hydrogen-bond acceptors (Lipinski definition) is 3. The highest BCUT2D eigenvalue weighted by atomic mass is 19.4. The Bertz CT molecular complexity index is 578. The number of cyclic esters (lactones) is 1. The summed E-state index contributed by atoms with van der Waals surface area (Å²) in [6, 6.07) is 9.74. The van der Waals surface area contributed by atoms with Crippen molar-refractivity contribution in [1.82, 2.24) is 0 Å². The Hall–Kier alpha value is -2.03. The average Bonchev–Trinajstić information content (AvgIpc) is 2.99. The third-order valence-corrected chi connectivity index (χ3v) is 3.83. The molecule has 1 saturated heterocycles. The largest absolute Gasteiger partial charge is 0.456 e. The highest BCUT2D eigenvalue weighted by molar-refractivity contribution is 5.88. The van der Waals surface area contributed by atoms with E-state index in [1.807, 2.05) is 0 Å². The second-order valence-corrected chi connectivity index (χ2v) is 4.76. The molecule has 0 bridgehead atoms. The van der Waals surface area contributed by atoms with Gasteiger partial charge in [0.15, 0.2) is 5.41 Å². The van der Waals surface area contributed by atoms with E-state index < -0.39 is 35.5 Å². The molecule has 4 atom stereocenters. The van der Waals surface area contributed by atoms with Crippen molar-refractivity contribution in [3.63, 3.8) is 0 Å². The number of hydrogen-bond donors (Lipinski definition) is 0. The molecule has 1 aromatic carbocycles.